The zero-order chi connectivity index (χ0) is 15.9. The maximum absolute atomic E-state index is 6.26. The molecule has 3 aliphatic rings. The molecule has 6 nitrogen and oxygen atoms in total. The Bertz CT molecular complexity index is 730. The van der Waals surface area contributed by atoms with Crippen molar-refractivity contribution in [3.63, 3.8) is 0 Å². The molecule has 0 atom stereocenters. The van der Waals surface area contributed by atoms with Crippen molar-refractivity contribution >= 4 is 11.5 Å². The summed E-state index contributed by atoms with van der Waals surface area (Å²) in [6.07, 6.45) is 9.92. The van der Waals surface area contributed by atoms with Gasteiger partial charge in [0.25, 0.3) is 0 Å². The molecule has 1 saturated carbocycles. The Balaban J connectivity index is 1.42. The first-order valence-corrected chi connectivity index (χ1v) is 9.35. The van der Waals surface area contributed by atoms with Crippen LogP contribution in [0, 0.1) is 0 Å². The van der Waals surface area contributed by atoms with Crippen molar-refractivity contribution in [2.75, 3.05) is 31.1 Å². The fourth-order valence-electron chi connectivity index (χ4n) is 4.33. The molecule has 1 N–H and O–H groups in total. The number of rotatable bonds is 3. The van der Waals surface area contributed by atoms with Crippen molar-refractivity contribution < 1.29 is 4.74 Å². The Morgan fingerprint density at radius 3 is 2.79 bits per heavy atom. The summed E-state index contributed by atoms with van der Waals surface area (Å²) in [5.74, 6) is 1.25. The number of hydrogen-bond acceptors (Lipinski definition) is 5. The second kappa shape index (κ2) is 6.01. The van der Waals surface area contributed by atoms with E-state index in [0.717, 1.165) is 44.7 Å². The standard InChI is InChI=1S/C18H25N5O/c1-2-4-13(3-1)24-14-11-22(12-14)18-15-5-8-19-9-6-16(15)21-17-7-10-20-23(17)18/h7,10,13-14,19H,1-6,8-9,11-12H2. The van der Waals surface area contributed by atoms with Gasteiger partial charge in [-0.05, 0) is 25.8 Å². The average Bonchev–Trinajstić information content (AvgIpc) is 3.16. The zero-order valence-corrected chi connectivity index (χ0v) is 14.1. The van der Waals surface area contributed by atoms with E-state index in [0.29, 0.717) is 12.2 Å². The predicted octanol–water partition coefficient (Wildman–Crippen LogP) is 1.57. The van der Waals surface area contributed by atoms with Crippen LogP contribution >= 0.6 is 0 Å². The van der Waals surface area contributed by atoms with Crippen LogP contribution in [0.2, 0.25) is 0 Å². The molecule has 128 valence electrons. The van der Waals surface area contributed by atoms with Crippen molar-refractivity contribution in [3.05, 3.63) is 23.5 Å². The molecular weight excluding hydrogens is 302 g/mol. The molecule has 2 aromatic heterocycles. The Kier molecular flexibility index (Phi) is 3.67. The van der Waals surface area contributed by atoms with E-state index in [9.17, 15) is 0 Å². The molecule has 0 amide bonds. The van der Waals surface area contributed by atoms with Crippen LogP contribution in [0.1, 0.15) is 36.9 Å². The molecule has 2 aliphatic heterocycles. The van der Waals surface area contributed by atoms with Crippen molar-refractivity contribution in [1.82, 2.24) is 19.9 Å². The van der Waals surface area contributed by atoms with Gasteiger partial charge >= 0.3 is 0 Å². The summed E-state index contributed by atoms with van der Waals surface area (Å²) in [5.41, 5.74) is 3.57. The van der Waals surface area contributed by atoms with Crippen molar-refractivity contribution in [3.8, 4) is 0 Å². The summed E-state index contributed by atoms with van der Waals surface area (Å²) >= 11 is 0. The van der Waals surface area contributed by atoms with Crippen LogP contribution in [0.4, 0.5) is 5.82 Å². The summed E-state index contributed by atoms with van der Waals surface area (Å²) in [4.78, 5) is 7.28. The molecule has 0 radical (unpaired) electrons. The molecular formula is C18H25N5O. The van der Waals surface area contributed by atoms with Crippen LogP contribution in [-0.2, 0) is 17.6 Å². The molecule has 2 aromatic rings. The van der Waals surface area contributed by atoms with Crippen LogP contribution in [-0.4, -0.2) is 53.0 Å². The molecule has 24 heavy (non-hydrogen) atoms. The Labute approximate surface area is 142 Å². The van der Waals surface area contributed by atoms with E-state index in [1.807, 2.05) is 16.8 Å². The smallest absolute Gasteiger partial charge is 0.157 e. The van der Waals surface area contributed by atoms with Crippen molar-refractivity contribution in [1.29, 1.82) is 0 Å². The number of nitrogens with zero attached hydrogens (tertiary/aromatic N) is 4. The van der Waals surface area contributed by atoms with Crippen LogP contribution in [0.5, 0.6) is 0 Å². The second-order valence-corrected chi connectivity index (χ2v) is 7.28. The lowest BCUT2D eigenvalue weighted by atomic mass is 10.1. The highest BCUT2D eigenvalue weighted by Crippen LogP contribution is 2.32. The quantitative estimate of drug-likeness (QED) is 0.927. The van der Waals surface area contributed by atoms with Gasteiger partial charge < -0.3 is 15.0 Å². The summed E-state index contributed by atoms with van der Waals surface area (Å²) in [7, 11) is 0. The minimum Gasteiger partial charge on any atom is -0.371 e. The fourth-order valence-corrected chi connectivity index (χ4v) is 4.33. The topological polar surface area (TPSA) is 54.7 Å². The lowest BCUT2D eigenvalue weighted by Gasteiger charge is -2.42. The number of hydrogen-bond donors (Lipinski definition) is 1. The van der Waals surface area contributed by atoms with Gasteiger partial charge in [0.2, 0.25) is 0 Å². The van der Waals surface area contributed by atoms with Crippen LogP contribution < -0.4 is 10.2 Å². The fraction of sp³-hybridized carbons (Fsp3) is 0.667. The third kappa shape index (κ3) is 2.48. The monoisotopic (exact) mass is 327 g/mol. The first kappa shape index (κ1) is 14.7. The maximum atomic E-state index is 6.26. The molecule has 0 unspecified atom stereocenters. The van der Waals surface area contributed by atoms with E-state index in [1.165, 1.54) is 42.8 Å². The lowest BCUT2D eigenvalue weighted by molar-refractivity contribution is -0.0221. The van der Waals surface area contributed by atoms with Crippen molar-refractivity contribution in [2.24, 2.45) is 0 Å². The number of fused-ring (bicyclic) bond motifs is 2. The predicted molar refractivity (Wildman–Crippen MR) is 92.6 cm³/mol. The lowest BCUT2D eigenvalue weighted by Crippen LogP contribution is -2.54. The van der Waals surface area contributed by atoms with Gasteiger partial charge in [-0.2, -0.15) is 9.61 Å². The molecule has 6 heteroatoms. The van der Waals surface area contributed by atoms with E-state index in [2.05, 4.69) is 15.3 Å². The first-order chi connectivity index (χ1) is 11.9. The zero-order valence-electron chi connectivity index (χ0n) is 14.1. The molecule has 0 spiro atoms. The number of anilines is 1. The Hall–Kier alpha value is -1.66. The van der Waals surface area contributed by atoms with Gasteiger partial charge in [0.05, 0.1) is 24.1 Å². The first-order valence-electron chi connectivity index (χ1n) is 9.35. The molecule has 4 heterocycles. The van der Waals surface area contributed by atoms with E-state index in [1.54, 1.807) is 0 Å². The highest BCUT2D eigenvalue weighted by atomic mass is 16.5. The van der Waals surface area contributed by atoms with E-state index in [4.69, 9.17) is 9.72 Å². The number of ether oxygens (including phenoxy) is 1. The highest BCUT2D eigenvalue weighted by Gasteiger charge is 2.34. The minimum atomic E-state index is 0.381. The van der Waals surface area contributed by atoms with E-state index >= 15 is 0 Å². The van der Waals surface area contributed by atoms with Gasteiger partial charge in [-0.1, -0.05) is 12.8 Å². The normalized spacial score (nSPS) is 22.6. The average molecular weight is 327 g/mol. The molecule has 1 aliphatic carbocycles. The largest absolute Gasteiger partial charge is 0.371 e. The Morgan fingerprint density at radius 2 is 1.92 bits per heavy atom. The van der Waals surface area contributed by atoms with E-state index < -0.39 is 0 Å². The number of nitrogens with one attached hydrogen (secondary N) is 1. The van der Waals surface area contributed by atoms with Gasteiger partial charge in [0.1, 0.15) is 5.82 Å². The molecule has 0 bridgehead atoms. The summed E-state index contributed by atoms with van der Waals surface area (Å²) < 4.78 is 8.29. The second-order valence-electron chi connectivity index (χ2n) is 7.28. The van der Waals surface area contributed by atoms with Crippen molar-refractivity contribution in [2.45, 2.75) is 50.7 Å². The molecule has 2 fully saturated rings. The van der Waals surface area contributed by atoms with Gasteiger partial charge in [0, 0.05) is 37.7 Å². The van der Waals surface area contributed by atoms with Crippen LogP contribution in [0.15, 0.2) is 12.3 Å². The Morgan fingerprint density at radius 1 is 1.08 bits per heavy atom. The third-order valence-electron chi connectivity index (χ3n) is 5.62. The maximum Gasteiger partial charge on any atom is 0.157 e. The van der Waals surface area contributed by atoms with Gasteiger partial charge in [-0.15, -0.1) is 0 Å². The minimum absolute atomic E-state index is 0.381. The van der Waals surface area contributed by atoms with Crippen LogP contribution in [0.3, 0.4) is 0 Å². The SMILES string of the molecule is c1cc2nc3c(c(N4CC(OC5CCCC5)C4)n2n1)CCNCC3. The van der Waals surface area contributed by atoms with Gasteiger partial charge in [-0.3, -0.25) is 0 Å². The summed E-state index contributed by atoms with van der Waals surface area (Å²) in [6, 6.07) is 2.01. The molecule has 0 aromatic carbocycles. The van der Waals surface area contributed by atoms with Crippen LogP contribution in [0.25, 0.3) is 5.65 Å². The van der Waals surface area contributed by atoms with Gasteiger partial charge in [0.15, 0.2) is 5.65 Å². The third-order valence-corrected chi connectivity index (χ3v) is 5.62. The van der Waals surface area contributed by atoms with Gasteiger partial charge in [-0.25, -0.2) is 4.98 Å². The summed E-state index contributed by atoms with van der Waals surface area (Å²) in [5, 5.41) is 8.03. The summed E-state index contributed by atoms with van der Waals surface area (Å²) in [6.45, 7) is 3.99. The highest BCUT2D eigenvalue weighted by molar-refractivity contribution is 5.59. The number of aromatic nitrogens is 3. The molecule has 5 rings (SSSR count). The molecule has 1 saturated heterocycles. The van der Waals surface area contributed by atoms with E-state index in [-0.39, 0.29) is 0 Å².